The van der Waals surface area contributed by atoms with Crippen molar-refractivity contribution in [1.29, 1.82) is 0 Å². The molecular weight excluding hydrogens is 458 g/mol. The average molecular weight is 494 g/mol. The lowest BCUT2D eigenvalue weighted by Crippen LogP contribution is -2.37. The van der Waals surface area contributed by atoms with Crippen molar-refractivity contribution in [1.82, 2.24) is 4.98 Å². The van der Waals surface area contributed by atoms with Crippen LogP contribution in [0.15, 0.2) is 36.4 Å². The summed E-state index contributed by atoms with van der Waals surface area (Å²) in [6.45, 7) is 7.37. The van der Waals surface area contributed by atoms with E-state index in [0.29, 0.717) is 34.8 Å². The van der Waals surface area contributed by atoms with Crippen molar-refractivity contribution in [3.8, 4) is 0 Å². The molecule has 2 N–H and O–H groups in total. The van der Waals surface area contributed by atoms with Gasteiger partial charge in [0.25, 0.3) is 5.91 Å². The average Bonchev–Trinajstić information content (AvgIpc) is 3.83. The number of ether oxygens (including phenoxy) is 1. The van der Waals surface area contributed by atoms with Gasteiger partial charge in [-0.2, -0.15) is 0 Å². The molecule has 1 amide bonds. The summed E-state index contributed by atoms with van der Waals surface area (Å²) in [4.78, 5) is 22.8. The maximum absolute atomic E-state index is 13.5. The smallest absolute Gasteiger partial charge is 0.258 e. The molecular formula is C27H35N5O2S. The minimum Gasteiger partial charge on any atom is -0.378 e. The Morgan fingerprint density at radius 3 is 2.46 bits per heavy atom. The first-order chi connectivity index (χ1) is 17.0. The van der Waals surface area contributed by atoms with E-state index in [4.69, 9.17) is 9.72 Å². The fourth-order valence-electron chi connectivity index (χ4n) is 5.05. The van der Waals surface area contributed by atoms with Crippen molar-refractivity contribution in [3.05, 3.63) is 42.0 Å². The highest BCUT2D eigenvalue weighted by Gasteiger charge is 2.44. The van der Waals surface area contributed by atoms with Crippen LogP contribution in [0.3, 0.4) is 0 Å². The highest BCUT2D eigenvalue weighted by atomic mass is 32.2. The van der Waals surface area contributed by atoms with E-state index in [1.807, 2.05) is 30.3 Å². The fraction of sp³-hybridized carbons (Fsp3) is 0.556. The van der Waals surface area contributed by atoms with Crippen LogP contribution in [0.1, 0.15) is 55.8 Å². The number of rotatable bonds is 7. The van der Waals surface area contributed by atoms with Gasteiger partial charge < -0.3 is 24.6 Å². The van der Waals surface area contributed by atoms with E-state index >= 15 is 0 Å². The minimum atomic E-state index is -0.105. The first kappa shape index (κ1) is 23.0. The van der Waals surface area contributed by atoms with E-state index in [0.717, 1.165) is 43.4 Å². The molecule has 0 unspecified atom stereocenters. The van der Waals surface area contributed by atoms with Crippen molar-refractivity contribution >= 4 is 40.9 Å². The largest absolute Gasteiger partial charge is 0.378 e. The van der Waals surface area contributed by atoms with Crippen LogP contribution in [-0.2, 0) is 4.74 Å². The molecule has 1 spiro atoms. The van der Waals surface area contributed by atoms with E-state index in [9.17, 15) is 4.79 Å². The van der Waals surface area contributed by atoms with Crippen LogP contribution >= 0.6 is 11.9 Å². The number of anilines is 4. The zero-order valence-electron chi connectivity index (χ0n) is 20.5. The number of aromatic nitrogens is 1. The number of carbonyl (C=O) groups excluding carboxylic acids is 1. The van der Waals surface area contributed by atoms with Crippen LogP contribution in [0.2, 0.25) is 0 Å². The number of hydrogen-bond acceptors (Lipinski definition) is 7. The van der Waals surface area contributed by atoms with Crippen LogP contribution in [-0.4, -0.2) is 55.0 Å². The Hall–Kier alpha value is -2.45. The minimum absolute atomic E-state index is 0.105. The SMILES string of the molecule is CC1(SNc2ccc(C(=O)Nc3cccc(N4CCOCC4)n3)c(N3CCC4(CC3)CC4)c2)CC1. The van der Waals surface area contributed by atoms with Gasteiger partial charge in [-0.3, -0.25) is 4.79 Å². The molecule has 0 radical (unpaired) electrons. The number of nitrogens with zero attached hydrogens (tertiary/aromatic N) is 3. The number of benzene rings is 1. The lowest BCUT2D eigenvalue weighted by Gasteiger charge is -2.35. The molecule has 2 aromatic rings. The van der Waals surface area contributed by atoms with Gasteiger partial charge in [-0.1, -0.05) is 6.07 Å². The van der Waals surface area contributed by atoms with Gasteiger partial charge in [0.2, 0.25) is 0 Å². The summed E-state index contributed by atoms with van der Waals surface area (Å²) in [6.07, 6.45) is 7.70. The lowest BCUT2D eigenvalue weighted by atomic mass is 9.93. The zero-order valence-corrected chi connectivity index (χ0v) is 21.3. The molecule has 0 atom stereocenters. The van der Waals surface area contributed by atoms with Crippen molar-refractivity contribution in [2.45, 2.75) is 50.2 Å². The molecule has 4 aliphatic rings. The molecule has 7 nitrogen and oxygen atoms in total. The van der Waals surface area contributed by atoms with Gasteiger partial charge in [0, 0.05) is 36.6 Å². The van der Waals surface area contributed by atoms with E-state index in [2.05, 4.69) is 32.8 Å². The zero-order chi connectivity index (χ0) is 23.9. The van der Waals surface area contributed by atoms with Gasteiger partial charge in [-0.15, -0.1) is 0 Å². The summed E-state index contributed by atoms with van der Waals surface area (Å²) in [5.41, 5.74) is 3.39. The molecule has 4 fully saturated rings. The quantitative estimate of drug-likeness (QED) is 0.516. The normalized spacial score (nSPS) is 22.1. The molecule has 2 saturated carbocycles. The number of hydrogen-bond donors (Lipinski definition) is 2. The van der Waals surface area contributed by atoms with Crippen molar-refractivity contribution in [2.24, 2.45) is 5.41 Å². The predicted molar refractivity (Wildman–Crippen MR) is 144 cm³/mol. The topological polar surface area (TPSA) is 69.7 Å². The molecule has 186 valence electrons. The number of pyridine rings is 1. The maximum Gasteiger partial charge on any atom is 0.258 e. The molecule has 2 aliphatic heterocycles. The Bertz CT molecular complexity index is 1080. The van der Waals surface area contributed by atoms with E-state index in [-0.39, 0.29) is 5.91 Å². The number of morpholine rings is 1. The standard InChI is InChI=1S/C27H35N5O2S/c1-26(7-8-26)35-30-20-5-6-21(22(19-20)31-13-11-27(9-10-27)12-14-31)25(33)29-23-3-2-4-24(28-23)32-15-17-34-18-16-32/h2-6,19,30H,7-18H2,1H3,(H,28,29,33). The van der Waals surface area contributed by atoms with Gasteiger partial charge >= 0.3 is 0 Å². The molecule has 1 aromatic heterocycles. The van der Waals surface area contributed by atoms with Crippen LogP contribution in [0.4, 0.5) is 23.0 Å². The highest BCUT2D eigenvalue weighted by molar-refractivity contribution is 8.02. The Balaban J connectivity index is 1.21. The number of amides is 1. The second kappa shape index (κ2) is 9.21. The van der Waals surface area contributed by atoms with E-state index in [1.165, 1.54) is 38.5 Å². The first-order valence-corrected chi connectivity index (χ1v) is 13.8. The Morgan fingerprint density at radius 2 is 1.74 bits per heavy atom. The number of nitrogens with one attached hydrogen (secondary N) is 2. The third kappa shape index (κ3) is 5.23. The molecule has 2 aliphatic carbocycles. The van der Waals surface area contributed by atoms with Gasteiger partial charge in [0.15, 0.2) is 0 Å². The Labute approximate surface area is 212 Å². The second-order valence-electron chi connectivity index (χ2n) is 10.8. The van der Waals surface area contributed by atoms with Gasteiger partial charge in [-0.05, 0) is 93.1 Å². The molecule has 6 rings (SSSR count). The van der Waals surface area contributed by atoms with Gasteiger partial charge in [0.05, 0.1) is 24.5 Å². The summed E-state index contributed by atoms with van der Waals surface area (Å²) >= 11 is 1.80. The fourth-order valence-corrected chi connectivity index (χ4v) is 5.85. The summed E-state index contributed by atoms with van der Waals surface area (Å²) < 4.78 is 9.35. The lowest BCUT2D eigenvalue weighted by molar-refractivity contribution is 0.102. The first-order valence-electron chi connectivity index (χ1n) is 13.0. The molecule has 0 bridgehead atoms. The van der Waals surface area contributed by atoms with Crippen molar-refractivity contribution in [2.75, 3.05) is 59.2 Å². The van der Waals surface area contributed by atoms with Crippen LogP contribution < -0.4 is 19.8 Å². The third-order valence-electron chi connectivity index (χ3n) is 8.04. The molecule has 35 heavy (non-hydrogen) atoms. The number of piperidine rings is 1. The molecule has 3 heterocycles. The summed E-state index contributed by atoms with van der Waals surface area (Å²) in [7, 11) is 0. The number of carbonyl (C=O) groups is 1. The Morgan fingerprint density at radius 1 is 0.971 bits per heavy atom. The van der Waals surface area contributed by atoms with Crippen LogP contribution in [0.5, 0.6) is 0 Å². The van der Waals surface area contributed by atoms with E-state index < -0.39 is 0 Å². The highest BCUT2D eigenvalue weighted by Crippen LogP contribution is 2.54. The predicted octanol–water partition coefficient (Wildman–Crippen LogP) is 5.16. The molecule has 1 aromatic carbocycles. The summed E-state index contributed by atoms with van der Waals surface area (Å²) in [6, 6.07) is 12.0. The Kier molecular flexibility index (Phi) is 6.05. The van der Waals surface area contributed by atoms with Gasteiger partial charge in [0.1, 0.15) is 11.6 Å². The van der Waals surface area contributed by atoms with Crippen LogP contribution in [0.25, 0.3) is 0 Å². The third-order valence-corrected chi connectivity index (χ3v) is 9.28. The molecule has 2 saturated heterocycles. The van der Waals surface area contributed by atoms with Crippen molar-refractivity contribution < 1.29 is 9.53 Å². The maximum atomic E-state index is 13.5. The van der Waals surface area contributed by atoms with Crippen molar-refractivity contribution in [3.63, 3.8) is 0 Å². The van der Waals surface area contributed by atoms with Gasteiger partial charge in [-0.25, -0.2) is 4.98 Å². The molecule has 8 heteroatoms. The van der Waals surface area contributed by atoms with Crippen LogP contribution in [0, 0.1) is 5.41 Å². The monoisotopic (exact) mass is 493 g/mol. The second-order valence-corrected chi connectivity index (χ2v) is 12.2. The van der Waals surface area contributed by atoms with E-state index in [1.54, 1.807) is 11.9 Å². The summed E-state index contributed by atoms with van der Waals surface area (Å²) in [5, 5.41) is 3.07. The summed E-state index contributed by atoms with van der Waals surface area (Å²) in [5.74, 6) is 1.36.